The summed E-state index contributed by atoms with van der Waals surface area (Å²) in [5.41, 5.74) is 0.590. The third-order valence-corrected chi connectivity index (χ3v) is 5.43. The van der Waals surface area contributed by atoms with Crippen molar-refractivity contribution in [3.8, 4) is 0 Å². The predicted molar refractivity (Wildman–Crippen MR) is 74.2 cm³/mol. The molecule has 3 atom stereocenters. The van der Waals surface area contributed by atoms with E-state index in [1.807, 2.05) is 0 Å². The maximum Gasteiger partial charge on any atom is 0.00698 e. The fraction of sp³-hybridized carbons (Fsp3) is 1.00. The van der Waals surface area contributed by atoms with Gasteiger partial charge >= 0.3 is 0 Å². The molecule has 2 saturated heterocycles. The Kier molecular flexibility index (Phi) is 3.84. The van der Waals surface area contributed by atoms with Crippen molar-refractivity contribution in [2.45, 2.75) is 59.5 Å². The van der Waals surface area contributed by atoms with Gasteiger partial charge in [0.25, 0.3) is 0 Å². The van der Waals surface area contributed by atoms with Crippen LogP contribution in [0.2, 0.25) is 0 Å². The summed E-state index contributed by atoms with van der Waals surface area (Å²) in [5.74, 6) is 0.893. The zero-order chi connectivity index (χ0) is 12.6. The van der Waals surface area contributed by atoms with Crippen molar-refractivity contribution in [3.05, 3.63) is 0 Å². The summed E-state index contributed by atoms with van der Waals surface area (Å²) in [7, 11) is 0. The average Bonchev–Trinajstić information content (AvgIpc) is 2.69. The molecule has 2 heterocycles. The minimum Gasteiger partial charge on any atom is -0.300 e. The largest absolute Gasteiger partial charge is 0.300 e. The lowest BCUT2D eigenvalue weighted by molar-refractivity contribution is 0.00888. The first kappa shape index (κ1) is 13.4. The fourth-order valence-corrected chi connectivity index (χ4v) is 3.95. The van der Waals surface area contributed by atoms with Crippen molar-refractivity contribution in [1.29, 1.82) is 0 Å². The van der Waals surface area contributed by atoms with Crippen LogP contribution in [0.3, 0.4) is 0 Å². The Labute approximate surface area is 107 Å². The van der Waals surface area contributed by atoms with E-state index in [-0.39, 0.29) is 0 Å². The van der Waals surface area contributed by atoms with E-state index in [0.717, 1.165) is 18.0 Å². The Bertz CT molecular complexity index is 264. The van der Waals surface area contributed by atoms with Gasteiger partial charge < -0.3 is 9.80 Å². The van der Waals surface area contributed by atoms with Crippen LogP contribution in [0.25, 0.3) is 0 Å². The van der Waals surface area contributed by atoms with E-state index in [2.05, 4.69) is 44.4 Å². The van der Waals surface area contributed by atoms with Crippen LogP contribution in [0.1, 0.15) is 47.5 Å². The van der Waals surface area contributed by atoms with Crippen LogP contribution in [-0.2, 0) is 0 Å². The van der Waals surface area contributed by atoms with Crippen molar-refractivity contribution in [2.75, 3.05) is 26.2 Å². The average molecular weight is 238 g/mol. The Morgan fingerprint density at radius 3 is 2.47 bits per heavy atom. The van der Waals surface area contributed by atoms with E-state index in [1.165, 1.54) is 39.0 Å². The Balaban J connectivity index is 2.09. The minimum atomic E-state index is 0.590. The van der Waals surface area contributed by atoms with Gasteiger partial charge in [-0.05, 0) is 58.0 Å². The first-order valence-electron chi connectivity index (χ1n) is 7.46. The predicted octanol–water partition coefficient (Wildman–Crippen LogP) is 2.84. The molecule has 0 N–H and O–H groups in total. The Hall–Kier alpha value is -0.0800. The second kappa shape index (κ2) is 4.89. The summed E-state index contributed by atoms with van der Waals surface area (Å²) in [6.07, 6.45) is 2.80. The van der Waals surface area contributed by atoms with Crippen molar-refractivity contribution in [3.63, 3.8) is 0 Å². The molecule has 0 aromatic carbocycles. The van der Waals surface area contributed by atoms with Crippen molar-refractivity contribution in [2.24, 2.45) is 11.3 Å². The summed E-state index contributed by atoms with van der Waals surface area (Å²) < 4.78 is 0. The molecule has 0 bridgehead atoms. The first-order chi connectivity index (χ1) is 7.98. The summed E-state index contributed by atoms with van der Waals surface area (Å²) in [6.45, 7) is 17.1. The highest BCUT2D eigenvalue weighted by atomic mass is 15.2. The zero-order valence-electron chi connectivity index (χ0n) is 12.4. The SMILES string of the molecule is CCN1CC2(CCN(C(C)C)C2)C(C)CC1C. The quantitative estimate of drug-likeness (QED) is 0.730. The van der Waals surface area contributed by atoms with Crippen LogP contribution >= 0.6 is 0 Å². The molecule has 1 spiro atoms. The van der Waals surface area contributed by atoms with E-state index in [4.69, 9.17) is 0 Å². The van der Waals surface area contributed by atoms with Gasteiger partial charge in [-0.2, -0.15) is 0 Å². The summed E-state index contributed by atoms with van der Waals surface area (Å²) >= 11 is 0. The standard InChI is InChI=1S/C15H30N2/c1-6-16-10-15(13(4)9-14(16)5)7-8-17(11-15)12(2)3/h12-14H,6-11H2,1-5H3. The van der Waals surface area contributed by atoms with E-state index >= 15 is 0 Å². The fourth-order valence-electron chi connectivity index (χ4n) is 3.95. The second-order valence-corrected chi connectivity index (χ2v) is 6.73. The van der Waals surface area contributed by atoms with Crippen LogP contribution in [0, 0.1) is 11.3 Å². The molecule has 2 aliphatic heterocycles. The molecule has 2 heteroatoms. The molecule has 0 amide bonds. The molecule has 0 aromatic heterocycles. The van der Waals surface area contributed by atoms with Crippen LogP contribution < -0.4 is 0 Å². The summed E-state index contributed by atoms with van der Waals surface area (Å²) in [4.78, 5) is 5.38. The van der Waals surface area contributed by atoms with E-state index < -0.39 is 0 Å². The van der Waals surface area contributed by atoms with Gasteiger partial charge in [-0.3, -0.25) is 0 Å². The molecule has 17 heavy (non-hydrogen) atoms. The van der Waals surface area contributed by atoms with E-state index in [0.29, 0.717) is 5.41 Å². The maximum absolute atomic E-state index is 2.70. The number of nitrogens with zero attached hydrogens (tertiary/aromatic N) is 2. The lowest BCUT2D eigenvalue weighted by Crippen LogP contribution is -2.53. The molecule has 0 radical (unpaired) electrons. The van der Waals surface area contributed by atoms with Gasteiger partial charge in [-0.25, -0.2) is 0 Å². The molecule has 2 aliphatic rings. The van der Waals surface area contributed by atoms with Crippen molar-refractivity contribution >= 4 is 0 Å². The maximum atomic E-state index is 2.70. The highest BCUT2D eigenvalue weighted by Crippen LogP contribution is 2.45. The monoisotopic (exact) mass is 238 g/mol. The molecule has 0 aliphatic carbocycles. The van der Waals surface area contributed by atoms with Crippen molar-refractivity contribution < 1.29 is 0 Å². The van der Waals surface area contributed by atoms with Gasteiger partial charge in [-0.15, -0.1) is 0 Å². The topological polar surface area (TPSA) is 6.48 Å². The normalized spacial score (nSPS) is 40.6. The number of hydrogen-bond acceptors (Lipinski definition) is 2. The molecular formula is C15H30N2. The third-order valence-electron chi connectivity index (χ3n) is 5.43. The van der Waals surface area contributed by atoms with Crippen molar-refractivity contribution in [1.82, 2.24) is 9.80 Å². The first-order valence-corrected chi connectivity index (χ1v) is 7.46. The van der Waals surface area contributed by atoms with Gasteiger partial charge in [-0.1, -0.05) is 13.8 Å². The van der Waals surface area contributed by atoms with E-state index in [1.54, 1.807) is 0 Å². The lowest BCUT2D eigenvalue weighted by Gasteiger charge is -2.48. The van der Waals surface area contributed by atoms with Gasteiger partial charge in [0.1, 0.15) is 0 Å². The van der Waals surface area contributed by atoms with Gasteiger partial charge in [0.2, 0.25) is 0 Å². The highest BCUT2D eigenvalue weighted by Gasteiger charge is 2.47. The number of piperidine rings is 1. The number of likely N-dealkylation sites (tertiary alicyclic amines) is 2. The van der Waals surface area contributed by atoms with Crippen LogP contribution in [0.4, 0.5) is 0 Å². The lowest BCUT2D eigenvalue weighted by atomic mass is 9.69. The Morgan fingerprint density at radius 1 is 1.24 bits per heavy atom. The third kappa shape index (κ3) is 2.39. The van der Waals surface area contributed by atoms with Crippen LogP contribution in [0.15, 0.2) is 0 Å². The summed E-state index contributed by atoms with van der Waals surface area (Å²) in [5, 5.41) is 0. The van der Waals surface area contributed by atoms with Crippen LogP contribution in [-0.4, -0.2) is 48.1 Å². The molecule has 2 fully saturated rings. The minimum absolute atomic E-state index is 0.590. The van der Waals surface area contributed by atoms with Gasteiger partial charge in [0, 0.05) is 25.2 Å². The molecule has 2 nitrogen and oxygen atoms in total. The molecular weight excluding hydrogens is 208 g/mol. The number of hydrogen-bond donors (Lipinski definition) is 0. The number of rotatable bonds is 2. The smallest absolute Gasteiger partial charge is 0.00698 e. The molecule has 3 unspecified atom stereocenters. The van der Waals surface area contributed by atoms with E-state index in [9.17, 15) is 0 Å². The zero-order valence-corrected chi connectivity index (χ0v) is 12.4. The Morgan fingerprint density at radius 2 is 1.94 bits per heavy atom. The van der Waals surface area contributed by atoms with Gasteiger partial charge in [0.05, 0.1) is 0 Å². The molecule has 0 saturated carbocycles. The summed E-state index contributed by atoms with van der Waals surface area (Å²) in [6, 6.07) is 1.50. The highest BCUT2D eigenvalue weighted by molar-refractivity contribution is 5.00. The van der Waals surface area contributed by atoms with Crippen LogP contribution in [0.5, 0.6) is 0 Å². The molecule has 0 aromatic rings. The second-order valence-electron chi connectivity index (χ2n) is 6.73. The molecule has 2 rings (SSSR count). The molecule has 100 valence electrons. The van der Waals surface area contributed by atoms with Gasteiger partial charge in [0.15, 0.2) is 0 Å².